The van der Waals surface area contributed by atoms with Crippen LogP contribution in [-0.2, 0) is 9.53 Å². The highest BCUT2D eigenvalue weighted by Crippen LogP contribution is 2.33. The molecule has 1 aliphatic heterocycles. The van der Waals surface area contributed by atoms with Gasteiger partial charge in [0.15, 0.2) is 34.7 Å². The van der Waals surface area contributed by atoms with Gasteiger partial charge in [-0.15, -0.1) is 0 Å². The Morgan fingerprint density at radius 2 is 2.11 bits per heavy atom. The topological polar surface area (TPSA) is 181 Å². The van der Waals surface area contributed by atoms with Crippen molar-refractivity contribution >= 4 is 29.0 Å². The smallest absolute Gasteiger partial charge is 0.267 e. The van der Waals surface area contributed by atoms with E-state index in [9.17, 15) is 20.1 Å². The molecule has 0 saturated carbocycles. The van der Waals surface area contributed by atoms with Gasteiger partial charge in [0.05, 0.1) is 31.8 Å². The van der Waals surface area contributed by atoms with Crippen LogP contribution >= 0.6 is 0 Å². The van der Waals surface area contributed by atoms with Crippen LogP contribution in [0.5, 0.6) is 11.5 Å². The summed E-state index contributed by atoms with van der Waals surface area (Å²) in [6.45, 7) is -0.459. The standard InChI is InChI=1S/C22H27N7O6/c1-28(2)19-17-20(25-9-24-19)29(10-26-17)22-18(32)16(15(8-30)35-22)27-21(33)12(23)6-11-4-5-14(34-3)13(31)7-11/h4-7,9-10,15-16,18,22,30-32H,8,23H2,1-3H3,(H,27,33). The van der Waals surface area contributed by atoms with E-state index in [1.807, 2.05) is 14.1 Å². The van der Waals surface area contributed by atoms with Crippen LogP contribution in [0.1, 0.15) is 11.8 Å². The van der Waals surface area contributed by atoms with Crippen molar-refractivity contribution in [3.05, 3.63) is 42.1 Å². The van der Waals surface area contributed by atoms with E-state index < -0.39 is 37.0 Å². The molecule has 3 aromatic rings. The highest BCUT2D eigenvalue weighted by Gasteiger charge is 2.46. The fourth-order valence-corrected chi connectivity index (χ4v) is 3.94. The summed E-state index contributed by atoms with van der Waals surface area (Å²) >= 11 is 0. The molecule has 13 heteroatoms. The largest absolute Gasteiger partial charge is 0.504 e. The predicted molar refractivity (Wildman–Crippen MR) is 125 cm³/mol. The van der Waals surface area contributed by atoms with Gasteiger partial charge in [0.1, 0.15) is 18.5 Å². The van der Waals surface area contributed by atoms with Crippen molar-refractivity contribution in [1.29, 1.82) is 0 Å². The van der Waals surface area contributed by atoms with E-state index >= 15 is 0 Å². The Labute approximate surface area is 200 Å². The number of phenolic OH excluding ortho intramolecular Hbond substituents is 1. The number of aliphatic hydroxyl groups excluding tert-OH is 2. The first-order chi connectivity index (χ1) is 16.7. The molecule has 0 aliphatic carbocycles. The predicted octanol–water partition coefficient (Wildman–Crippen LogP) is -0.658. The minimum Gasteiger partial charge on any atom is -0.504 e. The van der Waals surface area contributed by atoms with Crippen LogP contribution in [0.4, 0.5) is 5.82 Å². The molecular weight excluding hydrogens is 458 g/mol. The van der Waals surface area contributed by atoms with Crippen molar-refractivity contribution in [2.45, 2.75) is 24.5 Å². The average molecular weight is 486 g/mol. The Kier molecular flexibility index (Phi) is 6.73. The molecule has 1 saturated heterocycles. The van der Waals surface area contributed by atoms with Crippen molar-refractivity contribution < 1.29 is 29.6 Å². The molecule has 13 nitrogen and oxygen atoms in total. The molecule has 0 radical (unpaired) electrons. The molecule has 3 heterocycles. The average Bonchev–Trinajstić information content (AvgIpc) is 3.39. The van der Waals surface area contributed by atoms with Crippen molar-refractivity contribution in [2.24, 2.45) is 5.73 Å². The Morgan fingerprint density at radius 3 is 2.77 bits per heavy atom. The van der Waals surface area contributed by atoms with Crippen LogP contribution in [0.15, 0.2) is 36.6 Å². The highest BCUT2D eigenvalue weighted by molar-refractivity contribution is 5.97. The number of aromatic hydroxyl groups is 1. The van der Waals surface area contributed by atoms with Gasteiger partial charge in [-0.3, -0.25) is 9.36 Å². The minimum absolute atomic E-state index is 0.106. The number of nitrogens with two attached hydrogens (primary N) is 1. The van der Waals surface area contributed by atoms with Gasteiger partial charge >= 0.3 is 0 Å². The maximum atomic E-state index is 12.8. The molecule has 4 rings (SSSR count). The monoisotopic (exact) mass is 485 g/mol. The molecule has 1 fully saturated rings. The van der Waals surface area contributed by atoms with E-state index in [0.29, 0.717) is 22.5 Å². The second kappa shape index (κ2) is 9.74. The summed E-state index contributed by atoms with van der Waals surface area (Å²) in [6.07, 6.45) is 1.07. The number of rotatable bonds is 7. The number of phenols is 1. The third-order valence-corrected chi connectivity index (χ3v) is 5.68. The Bertz CT molecular complexity index is 1260. The van der Waals surface area contributed by atoms with Crippen LogP contribution in [0, 0.1) is 0 Å². The summed E-state index contributed by atoms with van der Waals surface area (Å²) < 4.78 is 12.4. The molecule has 1 aliphatic rings. The zero-order chi connectivity index (χ0) is 25.3. The number of hydrogen-bond donors (Lipinski definition) is 5. The lowest BCUT2D eigenvalue weighted by Crippen LogP contribution is -2.49. The van der Waals surface area contributed by atoms with Gasteiger partial charge in [0.2, 0.25) is 0 Å². The lowest BCUT2D eigenvalue weighted by Gasteiger charge is -2.21. The third kappa shape index (κ3) is 4.56. The number of ether oxygens (including phenoxy) is 2. The molecule has 35 heavy (non-hydrogen) atoms. The summed E-state index contributed by atoms with van der Waals surface area (Å²) in [5.41, 5.74) is 7.18. The summed E-state index contributed by atoms with van der Waals surface area (Å²) in [5.74, 6) is 0.0846. The summed E-state index contributed by atoms with van der Waals surface area (Å²) in [7, 11) is 5.06. The molecule has 1 aromatic carbocycles. The number of aromatic nitrogens is 4. The second-order valence-electron chi connectivity index (χ2n) is 8.18. The second-order valence-corrected chi connectivity index (χ2v) is 8.18. The third-order valence-electron chi connectivity index (χ3n) is 5.68. The maximum absolute atomic E-state index is 12.8. The molecule has 1 amide bonds. The fraction of sp³-hybridized carbons (Fsp3) is 0.364. The normalized spacial score (nSPS) is 22.4. The van der Waals surface area contributed by atoms with Crippen LogP contribution in [0.3, 0.4) is 0 Å². The first-order valence-electron chi connectivity index (χ1n) is 10.7. The number of carbonyl (C=O) groups is 1. The number of nitrogens with zero attached hydrogens (tertiary/aromatic N) is 5. The van der Waals surface area contributed by atoms with Gasteiger partial charge in [-0.1, -0.05) is 6.07 Å². The molecule has 4 unspecified atom stereocenters. The van der Waals surface area contributed by atoms with Gasteiger partial charge in [0.25, 0.3) is 5.91 Å². The number of benzene rings is 1. The molecule has 0 bridgehead atoms. The molecule has 0 spiro atoms. The molecule has 4 atom stereocenters. The number of imidazole rings is 1. The van der Waals surface area contributed by atoms with Crippen molar-refractivity contribution in [3.63, 3.8) is 0 Å². The zero-order valence-electron chi connectivity index (χ0n) is 19.4. The van der Waals surface area contributed by atoms with Gasteiger partial charge in [0, 0.05) is 14.1 Å². The Hall–Kier alpha value is -3.94. The first kappa shape index (κ1) is 24.2. The number of aliphatic hydroxyl groups is 2. The summed E-state index contributed by atoms with van der Waals surface area (Å²) in [6, 6.07) is 3.58. The van der Waals surface area contributed by atoms with Crippen molar-refractivity contribution in [2.75, 3.05) is 32.7 Å². The van der Waals surface area contributed by atoms with E-state index in [4.69, 9.17) is 15.2 Å². The van der Waals surface area contributed by atoms with Crippen LogP contribution in [-0.4, -0.2) is 86.8 Å². The lowest BCUT2D eigenvalue weighted by atomic mass is 10.1. The maximum Gasteiger partial charge on any atom is 0.267 e. The van der Waals surface area contributed by atoms with Crippen molar-refractivity contribution in [3.8, 4) is 11.5 Å². The zero-order valence-corrected chi connectivity index (χ0v) is 19.4. The van der Waals surface area contributed by atoms with E-state index in [1.165, 1.54) is 42.5 Å². The van der Waals surface area contributed by atoms with Crippen LogP contribution in [0.2, 0.25) is 0 Å². The Balaban J connectivity index is 1.55. The number of fused-ring (bicyclic) bond motifs is 1. The first-order valence-corrected chi connectivity index (χ1v) is 10.7. The van der Waals surface area contributed by atoms with Gasteiger partial charge in [-0.2, -0.15) is 0 Å². The fourth-order valence-electron chi connectivity index (χ4n) is 3.94. The van der Waals surface area contributed by atoms with E-state index in [1.54, 1.807) is 11.0 Å². The number of nitrogens with one attached hydrogen (secondary N) is 1. The van der Waals surface area contributed by atoms with Gasteiger partial charge in [-0.05, 0) is 23.8 Å². The Morgan fingerprint density at radius 1 is 1.34 bits per heavy atom. The number of hydrogen-bond acceptors (Lipinski definition) is 11. The minimum atomic E-state index is -1.25. The number of anilines is 1. The SMILES string of the molecule is COc1ccc(C=C(N)C(=O)NC2C(CO)OC(n3cnc4c(N(C)C)ncnc43)C2O)cc1O. The van der Waals surface area contributed by atoms with E-state index in [-0.39, 0.29) is 17.2 Å². The number of carbonyl (C=O) groups excluding carboxylic acids is 1. The number of methoxy groups -OCH3 is 1. The molecule has 2 aromatic heterocycles. The van der Waals surface area contributed by atoms with Gasteiger partial charge in [-0.25, -0.2) is 15.0 Å². The lowest BCUT2D eigenvalue weighted by molar-refractivity contribution is -0.119. The van der Waals surface area contributed by atoms with E-state index in [0.717, 1.165) is 0 Å². The number of amides is 1. The van der Waals surface area contributed by atoms with Crippen molar-refractivity contribution in [1.82, 2.24) is 24.8 Å². The quantitative estimate of drug-likeness (QED) is 0.268. The summed E-state index contributed by atoms with van der Waals surface area (Å²) in [4.78, 5) is 27.4. The van der Waals surface area contributed by atoms with Crippen LogP contribution < -0.4 is 20.7 Å². The molecule has 6 N–H and O–H groups in total. The van der Waals surface area contributed by atoms with Gasteiger partial charge < -0.3 is 40.7 Å². The molecular formula is C22H27N7O6. The van der Waals surface area contributed by atoms with Crippen LogP contribution in [0.25, 0.3) is 17.2 Å². The van der Waals surface area contributed by atoms with E-state index in [2.05, 4.69) is 20.3 Å². The highest BCUT2D eigenvalue weighted by atomic mass is 16.5. The molecule has 186 valence electrons. The summed E-state index contributed by atoms with van der Waals surface area (Å²) in [5, 5.41) is 33.4.